The minimum Gasteiger partial charge on any atom is -0.617 e. The van der Waals surface area contributed by atoms with Gasteiger partial charge in [-0.15, -0.1) is 0 Å². The zero-order chi connectivity index (χ0) is 12.4. The number of carbonyl (C=O) groups is 1. The minimum atomic E-state index is -0.586. The molecular weight excluding hydrogens is 242 g/mol. The van der Waals surface area contributed by atoms with Crippen LogP contribution < -0.4 is 4.73 Å². The maximum Gasteiger partial charge on any atom is 0.345 e. The lowest BCUT2D eigenvalue weighted by atomic mass is 10.0. The van der Waals surface area contributed by atoms with Gasteiger partial charge in [0.25, 0.3) is 0 Å². The van der Waals surface area contributed by atoms with Gasteiger partial charge < -0.3 is 9.94 Å². The molecule has 4 nitrogen and oxygen atoms in total. The first-order valence-corrected chi connectivity index (χ1v) is 6.03. The number of nitrogens with zero attached hydrogens (tertiary/aromatic N) is 1. The van der Waals surface area contributed by atoms with Crippen LogP contribution in [0.3, 0.4) is 0 Å². The smallest absolute Gasteiger partial charge is 0.345 e. The normalized spacial score (nSPS) is 16.1. The van der Waals surface area contributed by atoms with E-state index >= 15 is 0 Å². The summed E-state index contributed by atoms with van der Waals surface area (Å²) in [6.07, 6.45) is 4.30. The van der Waals surface area contributed by atoms with E-state index in [0.717, 1.165) is 25.7 Å². The van der Waals surface area contributed by atoms with E-state index in [9.17, 15) is 10.0 Å². The first-order chi connectivity index (χ1) is 8.15. The molecule has 0 radical (unpaired) electrons. The Morgan fingerprint density at radius 3 is 2.71 bits per heavy atom. The van der Waals surface area contributed by atoms with Crippen LogP contribution in [0.25, 0.3) is 0 Å². The van der Waals surface area contributed by atoms with Gasteiger partial charge in [0, 0.05) is 12.0 Å². The van der Waals surface area contributed by atoms with Crippen LogP contribution >= 0.6 is 11.6 Å². The van der Waals surface area contributed by atoms with E-state index in [1.165, 1.54) is 7.11 Å². The molecule has 0 unspecified atom stereocenters. The molecule has 5 heteroatoms. The summed E-state index contributed by atoms with van der Waals surface area (Å²) in [7, 11) is 1.26. The van der Waals surface area contributed by atoms with Crippen molar-refractivity contribution in [2.75, 3.05) is 7.11 Å². The lowest BCUT2D eigenvalue weighted by Gasteiger charge is -2.12. The molecule has 1 aliphatic rings. The molecule has 1 aromatic rings. The van der Waals surface area contributed by atoms with Gasteiger partial charge in [-0.1, -0.05) is 12.8 Å². The first kappa shape index (κ1) is 12.2. The number of carbonyl (C=O) groups excluding carboxylic acids is 1. The SMILES string of the molecule is COC(=O)c1ccc(C2CCCC2)[n+]([O-])c1Cl. The summed E-state index contributed by atoms with van der Waals surface area (Å²) in [5.41, 5.74) is 0.770. The topological polar surface area (TPSA) is 53.2 Å². The van der Waals surface area contributed by atoms with Gasteiger partial charge in [-0.05, 0) is 30.5 Å². The highest BCUT2D eigenvalue weighted by molar-refractivity contribution is 6.31. The molecule has 1 saturated carbocycles. The second kappa shape index (κ2) is 4.92. The number of methoxy groups -OCH3 is 1. The minimum absolute atomic E-state index is 0.0961. The van der Waals surface area contributed by atoms with Gasteiger partial charge in [0.2, 0.25) is 0 Å². The van der Waals surface area contributed by atoms with Crippen molar-refractivity contribution in [1.29, 1.82) is 0 Å². The van der Waals surface area contributed by atoms with Crippen molar-refractivity contribution in [2.24, 2.45) is 0 Å². The van der Waals surface area contributed by atoms with Gasteiger partial charge in [-0.2, -0.15) is 4.73 Å². The van der Waals surface area contributed by atoms with Crippen molar-refractivity contribution < 1.29 is 14.3 Å². The number of aromatic nitrogens is 1. The van der Waals surface area contributed by atoms with Crippen molar-refractivity contribution in [2.45, 2.75) is 31.6 Å². The number of hydrogen-bond donors (Lipinski definition) is 0. The van der Waals surface area contributed by atoms with Crippen LogP contribution in [-0.4, -0.2) is 13.1 Å². The maximum absolute atomic E-state index is 12.0. The molecule has 1 fully saturated rings. The third-order valence-electron chi connectivity index (χ3n) is 3.23. The highest BCUT2D eigenvalue weighted by Crippen LogP contribution is 2.33. The van der Waals surface area contributed by atoms with Gasteiger partial charge >= 0.3 is 11.1 Å². The Morgan fingerprint density at radius 1 is 1.47 bits per heavy atom. The summed E-state index contributed by atoms with van der Waals surface area (Å²) < 4.78 is 5.22. The molecule has 0 bridgehead atoms. The Labute approximate surface area is 105 Å². The molecule has 0 aromatic carbocycles. The van der Waals surface area contributed by atoms with Crippen LogP contribution in [0.4, 0.5) is 0 Å². The Kier molecular flexibility index (Phi) is 3.52. The van der Waals surface area contributed by atoms with Crippen molar-refractivity contribution in [3.63, 3.8) is 0 Å². The number of rotatable bonds is 2. The predicted octanol–water partition coefficient (Wildman–Crippen LogP) is 2.42. The monoisotopic (exact) mass is 255 g/mol. The van der Waals surface area contributed by atoms with E-state index in [4.69, 9.17) is 11.6 Å². The van der Waals surface area contributed by atoms with E-state index < -0.39 is 5.97 Å². The van der Waals surface area contributed by atoms with E-state index in [2.05, 4.69) is 4.74 Å². The van der Waals surface area contributed by atoms with E-state index in [1.54, 1.807) is 12.1 Å². The lowest BCUT2D eigenvalue weighted by Crippen LogP contribution is -2.36. The molecule has 0 N–H and O–H groups in total. The fourth-order valence-electron chi connectivity index (χ4n) is 2.31. The van der Waals surface area contributed by atoms with E-state index in [-0.39, 0.29) is 16.6 Å². The molecule has 0 aliphatic heterocycles. The van der Waals surface area contributed by atoms with Gasteiger partial charge in [-0.25, -0.2) is 4.79 Å². The van der Waals surface area contributed by atoms with Gasteiger partial charge in [0.15, 0.2) is 5.69 Å². The average Bonchev–Trinajstić information content (AvgIpc) is 2.85. The van der Waals surface area contributed by atoms with Crippen LogP contribution in [0, 0.1) is 5.21 Å². The Bertz CT molecular complexity index is 442. The third kappa shape index (κ3) is 2.22. The fourth-order valence-corrected chi connectivity index (χ4v) is 2.55. The summed E-state index contributed by atoms with van der Waals surface area (Å²) in [4.78, 5) is 11.4. The number of ether oxygens (including phenoxy) is 1. The summed E-state index contributed by atoms with van der Waals surface area (Å²) in [5.74, 6) is -0.325. The summed E-state index contributed by atoms with van der Waals surface area (Å²) in [6, 6.07) is 3.25. The molecule has 1 heterocycles. The third-order valence-corrected chi connectivity index (χ3v) is 3.59. The van der Waals surface area contributed by atoms with Gasteiger partial charge in [0.05, 0.1) is 7.11 Å². The number of esters is 1. The van der Waals surface area contributed by atoms with Crippen LogP contribution in [0.5, 0.6) is 0 Å². The highest BCUT2D eigenvalue weighted by atomic mass is 35.5. The van der Waals surface area contributed by atoms with Crippen LogP contribution in [-0.2, 0) is 4.74 Å². The number of hydrogen-bond acceptors (Lipinski definition) is 3. The van der Waals surface area contributed by atoms with Crippen molar-refractivity contribution in [3.05, 3.63) is 33.8 Å². The Hall–Kier alpha value is -1.29. The van der Waals surface area contributed by atoms with Gasteiger partial charge in [0.1, 0.15) is 5.56 Å². The average molecular weight is 256 g/mol. The van der Waals surface area contributed by atoms with Crippen molar-refractivity contribution in [1.82, 2.24) is 0 Å². The summed E-state index contributed by atoms with van der Waals surface area (Å²) >= 11 is 5.90. The molecule has 1 aliphatic carbocycles. The zero-order valence-electron chi connectivity index (χ0n) is 9.61. The first-order valence-electron chi connectivity index (χ1n) is 5.65. The molecule has 0 saturated heterocycles. The maximum atomic E-state index is 12.0. The zero-order valence-corrected chi connectivity index (χ0v) is 10.4. The van der Waals surface area contributed by atoms with Gasteiger partial charge in [-0.3, -0.25) is 0 Å². The van der Waals surface area contributed by atoms with Crippen LogP contribution in [0.2, 0.25) is 5.15 Å². The largest absolute Gasteiger partial charge is 0.617 e. The summed E-state index contributed by atoms with van der Waals surface area (Å²) in [6.45, 7) is 0. The molecule has 92 valence electrons. The second-order valence-electron chi connectivity index (χ2n) is 4.23. The predicted molar refractivity (Wildman–Crippen MR) is 63.0 cm³/mol. The molecule has 2 rings (SSSR count). The second-order valence-corrected chi connectivity index (χ2v) is 4.59. The molecule has 0 spiro atoms. The van der Waals surface area contributed by atoms with Crippen LogP contribution in [0.15, 0.2) is 12.1 Å². The quantitative estimate of drug-likeness (QED) is 0.353. The fraction of sp³-hybridized carbons (Fsp3) is 0.500. The Balaban J connectivity index is 2.38. The standard InChI is InChI=1S/C12H14ClNO3/c1-17-12(15)9-6-7-10(14(16)11(9)13)8-4-2-3-5-8/h6-8H,2-5H2,1H3. The summed E-state index contributed by atoms with van der Waals surface area (Å²) in [5, 5.41) is 11.9. The molecule has 0 atom stereocenters. The van der Waals surface area contributed by atoms with Crippen LogP contribution in [0.1, 0.15) is 47.7 Å². The van der Waals surface area contributed by atoms with E-state index in [1.807, 2.05) is 0 Å². The van der Waals surface area contributed by atoms with Crippen molar-refractivity contribution in [3.8, 4) is 0 Å². The van der Waals surface area contributed by atoms with Crippen molar-refractivity contribution >= 4 is 17.6 Å². The number of halogens is 1. The molecule has 0 amide bonds. The highest BCUT2D eigenvalue weighted by Gasteiger charge is 2.28. The Morgan fingerprint density at radius 2 is 2.12 bits per heavy atom. The molecular formula is C12H14ClNO3. The molecule has 1 aromatic heterocycles. The lowest BCUT2D eigenvalue weighted by molar-refractivity contribution is -0.613. The molecule has 17 heavy (non-hydrogen) atoms. The number of pyridine rings is 1. The van der Waals surface area contributed by atoms with E-state index in [0.29, 0.717) is 10.4 Å².